The van der Waals surface area contributed by atoms with Crippen molar-refractivity contribution in [2.75, 3.05) is 13.2 Å². The Balaban J connectivity index is 1.48. The number of nitrogens with one attached hydrogen (secondary N) is 3. The van der Waals surface area contributed by atoms with Gasteiger partial charge in [0.05, 0.1) is 18.0 Å². The van der Waals surface area contributed by atoms with Gasteiger partial charge in [-0.25, -0.2) is 4.79 Å². The molecule has 2 aliphatic rings. The van der Waals surface area contributed by atoms with Crippen LogP contribution in [0.1, 0.15) is 35.2 Å². The summed E-state index contributed by atoms with van der Waals surface area (Å²) in [6.45, 7) is 0.694. The number of benzene rings is 2. The fraction of sp³-hybridized carbons (Fsp3) is 0.333. The minimum Gasteiger partial charge on any atom is -0.491 e. The van der Waals surface area contributed by atoms with Crippen molar-refractivity contribution in [3.63, 3.8) is 0 Å². The molecule has 1 aromatic heterocycles. The average Bonchev–Trinajstić information content (AvgIpc) is 3.53. The van der Waals surface area contributed by atoms with Gasteiger partial charge >= 0.3 is 5.97 Å². The van der Waals surface area contributed by atoms with E-state index in [-0.39, 0.29) is 30.5 Å². The summed E-state index contributed by atoms with van der Waals surface area (Å²) in [5, 5.41) is 15.8. The smallest absolute Gasteiger partial charge is 0.326 e. The van der Waals surface area contributed by atoms with E-state index in [1.807, 2.05) is 30.5 Å². The van der Waals surface area contributed by atoms with Gasteiger partial charge in [-0.2, -0.15) is 0 Å². The Morgan fingerprint density at radius 3 is 2.68 bits per heavy atom. The first kappa shape index (κ1) is 24.4. The fourth-order valence-corrected chi connectivity index (χ4v) is 5.06. The van der Waals surface area contributed by atoms with Crippen LogP contribution in [0.5, 0.6) is 5.75 Å². The quantitative estimate of drug-likeness (QED) is 0.429. The van der Waals surface area contributed by atoms with E-state index >= 15 is 0 Å². The number of H-pyrrole nitrogens is 1. The molecule has 0 saturated carbocycles. The van der Waals surface area contributed by atoms with Crippen molar-refractivity contribution < 1.29 is 29.0 Å². The average molecular weight is 505 g/mol. The number of hydrogen-bond acceptors (Lipinski definition) is 5. The first-order valence-electron chi connectivity index (χ1n) is 12.3. The predicted octanol–water partition coefficient (Wildman–Crippen LogP) is 1.85. The molecule has 10 nitrogen and oxygen atoms in total. The lowest BCUT2D eigenvalue weighted by Crippen LogP contribution is -2.53. The Kier molecular flexibility index (Phi) is 6.80. The number of aliphatic carboxylic acids is 1. The number of amides is 3. The molecule has 0 radical (unpaired) electrons. The number of aromatic amines is 1. The van der Waals surface area contributed by atoms with Gasteiger partial charge in [-0.1, -0.05) is 30.3 Å². The van der Waals surface area contributed by atoms with Crippen molar-refractivity contribution in [3.05, 3.63) is 65.9 Å². The molecule has 5 rings (SSSR count). The van der Waals surface area contributed by atoms with Gasteiger partial charge in [0.25, 0.3) is 5.91 Å². The van der Waals surface area contributed by atoms with Crippen LogP contribution in [-0.4, -0.2) is 70.0 Å². The van der Waals surface area contributed by atoms with Crippen molar-refractivity contribution in [1.82, 2.24) is 20.5 Å². The van der Waals surface area contributed by atoms with Crippen LogP contribution in [-0.2, 0) is 20.8 Å². The summed E-state index contributed by atoms with van der Waals surface area (Å²) in [5.74, 6) is -2.59. The molecule has 1 fully saturated rings. The highest BCUT2D eigenvalue weighted by Crippen LogP contribution is 2.25. The largest absolute Gasteiger partial charge is 0.491 e. The van der Waals surface area contributed by atoms with Crippen LogP contribution in [0, 0.1) is 0 Å². The summed E-state index contributed by atoms with van der Waals surface area (Å²) in [6, 6.07) is 11.6. The maximum absolute atomic E-state index is 13.8. The van der Waals surface area contributed by atoms with Crippen LogP contribution in [0.15, 0.2) is 54.7 Å². The van der Waals surface area contributed by atoms with E-state index in [2.05, 4.69) is 15.6 Å². The van der Waals surface area contributed by atoms with Gasteiger partial charge < -0.3 is 30.4 Å². The van der Waals surface area contributed by atoms with Crippen LogP contribution in [0.2, 0.25) is 0 Å². The van der Waals surface area contributed by atoms with E-state index in [1.54, 1.807) is 23.1 Å². The molecular weight excluding hydrogens is 476 g/mol. The molecule has 192 valence electrons. The van der Waals surface area contributed by atoms with E-state index in [4.69, 9.17) is 4.74 Å². The third kappa shape index (κ3) is 5.13. The number of carbonyl (C=O) groups is 4. The number of nitrogens with zero attached hydrogens (tertiary/aromatic N) is 1. The molecule has 4 N–H and O–H groups in total. The molecule has 3 heterocycles. The monoisotopic (exact) mass is 504 g/mol. The standard InChI is InChI=1S/C27H28N4O6/c32-24-13-22(27(35)36)30-25(33)19-8-2-4-10-23(19)37-15-17-6-5-11-31(17)26(34)21(29-24)12-16-14-28-20-9-3-1-7-18(16)20/h1-4,7-10,14,17,21-22,28H,5-6,11-13,15H2,(H,29,32)(H,30,33)(H,35,36)/t17-,21+,22+/m1/s1. The number of carbonyl (C=O) groups excluding carboxylic acids is 3. The van der Waals surface area contributed by atoms with Crippen molar-refractivity contribution in [2.24, 2.45) is 0 Å². The zero-order valence-electron chi connectivity index (χ0n) is 20.1. The molecule has 3 atom stereocenters. The number of rotatable bonds is 3. The first-order valence-corrected chi connectivity index (χ1v) is 12.3. The molecular formula is C27H28N4O6. The Morgan fingerprint density at radius 2 is 1.84 bits per heavy atom. The van der Waals surface area contributed by atoms with Crippen LogP contribution in [0.3, 0.4) is 0 Å². The molecule has 3 aromatic rings. The second kappa shape index (κ2) is 10.3. The van der Waals surface area contributed by atoms with E-state index in [0.717, 1.165) is 29.3 Å². The highest BCUT2D eigenvalue weighted by molar-refractivity contribution is 6.00. The van der Waals surface area contributed by atoms with Crippen molar-refractivity contribution >= 4 is 34.6 Å². The third-order valence-corrected chi connectivity index (χ3v) is 6.95. The maximum Gasteiger partial charge on any atom is 0.326 e. The number of carboxylic acid groups (broad SMARTS) is 1. The van der Waals surface area contributed by atoms with E-state index in [1.165, 1.54) is 6.07 Å². The molecule has 0 spiro atoms. The molecule has 0 unspecified atom stereocenters. The lowest BCUT2D eigenvalue weighted by molar-refractivity contribution is -0.142. The molecule has 0 bridgehead atoms. The Morgan fingerprint density at radius 1 is 1.05 bits per heavy atom. The lowest BCUT2D eigenvalue weighted by atomic mass is 10.0. The van der Waals surface area contributed by atoms with Crippen LogP contribution in [0.4, 0.5) is 0 Å². The number of para-hydroxylation sites is 2. The number of aromatic nitrogens is 1. The number of fused-ring (bicyclic) bond motifs is 3. The lowest BCUT2D eigenvalue weighted by Gasteiger charge is -2.30. The van der Waals surface area contributed by atoms with Gasteiger partial charge in [0, 0.05) is 30.1 Å². The van der Waals surface area contributed by atoms with Gasteiger partial charge in [-0.15, -0.1) is 0 Å². The summed E-state index contributed by atoms with van der Waals surface area (Å²) >= 11 is 0. The first-order chi connectivity index (χ1) is 17.9. The highest BCUT2D eigenvalue weighted by atomic mass is 16.5. The van der Waals surface area contributed by atoms with Crippen LogP contribution >= 0.6 is 0 Å². The van der Waals surface area contributed by atoms with Crippen LogP contribution < -0.4 is 15.4 Å². The minimum absolute atomic E-state index is 0.166. The topological polar surface area (TPSA) is 141 Å². The summed E-state index contributed by atoms with van der Waals surface area (Å²) in [5.41, 5.74) is 1.94. The van der Waals surface area contributed by atoms with Gasteiger partial charge in [-0.3, -0.25) is 14.4 Å². The maximum atomic E-state index is 13.8. The van der Waals surface area contributed by atoms with Crippen molar-refractivity contribution in [3.8, 4) is 5.75 Å². The third-order valence-electron chi connectivity index (χ3n) is 6.95. The minimum atomic E-state index is -1.48. The second-order valence-corrected chi connectivity index (χ2v) is 9.39. The zero-order chi connectivity index (χ0) is 25.9. The van der Waals surface area contributed by atoms with Gasteiger partial charge in [0.2, 0.25) is 11.8 Å². The van der Waals surface area contributed by atoms with Gasteiger partial charge in [0.15, 0.2) is 0 Å². The van der Waals surface area contributed by atoms with Crippen molar-refractivity contribution in [2.45, 2.75) is 43.8 Å². The van der Waals surface area contributed by atoms with Crippen molar-refractivity contribution in [1.29, 1.82) is 0 Å². The Labute approximate surface area is 213 Å². The van der Waals surface area contributed by atoms with E-state index in [9.17, 15) is 24.3 Å². The normalized spacial score (nSPS) is 22.9. The SMILES string of the molecule is O=C1C[C@@H](C(=O)O)NC(=O)c2ccccc2OC[C@H]2CCCN2C(=O)[C@H](Cc2c[nH]c3ccccc23)N1. The molecule has 10 heteroatoms. The number of hydrogen-bond donors (Lipinski definition) is 4. The second-order valence-electron chi connectivity index (χ2n) is 9.39. The molecule has 0 aliphatic carbocycles. The summed E-state index contributed by atoms with van der Waals surface area (Å²) in [4.78, 5) is 56.5. The van der Waals surface area contributed by atoms with Crippen LogP contribution in [0.25, 0.3) is 10.9 Å². The summed E-state index contributed by atoms with van der Waals surface area (Å²) in [6.07, 6.45) is 3.04. The Hall–Kier alpha value is -4.34. The molecule has 3 amide bonds. The summed E-state index contributed by atoms with van der Waals surface area (Å²) < 4.78 is 5.99. The number of carboxylic acids is 1. The van der Waals surface area contributed by atoms with E-state index < -0.39 is 36.3 Å². The van der Waals surface area contributed by atoms with Gasteiger partial charge in [0.1, 0.15) is 24.4 Å². The highest BCUT2D eigenvalue weighted by Gasteiger charge is 2.36. The molecule has 1 saturated heterocycles. The summed E-state index contributed by atoms with van der Waals surface area (Å²) in [7, 11) is 0. The van der Waals surface area contributed by atoms with E-state index in [0.29, 0.717) is 12.3 Å². The Bertz CT molecular complexity index is 1350. The number of ether oxygens (including phenoxy) is 1. The predicted molar refractivity (Wildman–Crippen MR) is 134 cm³/mol. The molecule has 2 aliphatic heterocycles. The molecule has 37 heavy (non-hydrogen) atoms. The molecule has 2 aromatic carbocycles. The van der Waals surface area contributed by atoms with Gasteiger partial charge in [-0.05, 0) is 36.6 Å². The zero-order valence-corrected chi connectivity index (χ0v) is 20.1. The fourth-order valence-electron chi connectivity index (χ4n) is 5.06.